The van der Waals surface area contributed by atoms with Crippen LogP contribution in [0.4, 0.5) is 0 Å². The predicted molar refractivity (Wildman–Crippen MR) is 96.8 cm³/mol. The van der Waals surface area contributed by atoms with E-state index in [4.69, 9.17) is 4.74 Å². The SMILES string of the molecule is COc1cccc(CC(=O)N2CCC[C@](O)(c3cn(C(C)C)nn3)C2)c1. The molecule has 1 N–H and O–H groups in total. The van der Waals surface area contributed by atoms with E-state index in [2.05, 4.69) is 10.3 Å². The molecule has 1 aliphatic heterocycles. The number of likely N-dealkylation sites (tertiary alicyclic amines) is 1. The van der Waals surface area contributed by atoms with Gasteiger partial charge in [0, 0.05) is 12.6 Å². The van der Waals surface area contributed by atoms with Gasteiger partial charge in [0.2, 0.25) is 5.91 Å². The fourth-order valence-corrected chi connectivity index (χ4v) is 3.27. The molecule has 1 saturated heterocycles. The summed E-state index contributed by atoms with van der Waals surface area (Å²) in [4.78, 5) is 14.5. The maximum absolute atomic E-state index is 12.7. The third kappa shape index (κ3) is 3.88. The molecule has 1 fully saturated rings. The zero-order valence-corrected chi connectivity index (χ0v) is 15.6. The summed E-state index contributed by atoms with van der Waals surface area (Å²) in [6, 6.07) is 7.67. The number of nitrogens with zero attached hydrogens (tertiary/aromatic N) is 4. The number of benzene rings is 1. The third-order valence-corrected chi connectivity index (χ3v) is 4.83. The molecule has 1 amide bonds. The normalized spacial score (nSPS) is 20.4. The summed E-state index contributed by atoms with van der Waals surface area (Å²) in [6.07, 6.45) is 3.37. The molecule has 0 unspecified atom stereocenters. The minimum Gasteiger partial charge on any atom is -0.497 e. The van der Waals surface area contributed by atoms with Crippen molar-refractivity contribution in [2.24, 2.45) is 0 Å². The van der Waals surface area contributed by atoms with Crippen LogP contribution in [0, 0.1) is 0 Å². The molecule has 0 aliphatic carbocycles. The monoisotopic (exact) mass is 358 g/mol. The van der Waals surface area contributed by atoms with E-state index in [0.29, 0.717) is 18.7 Å². The Balaban J connectivity index is 1.71. The van der Waals surface area contributed by atoms with E-state index in [0.717, 1.165) is 17.7 Å². The van der Waals surface area contributed by atoms with Gasteiger partial charge in [-0.25, -0.2) is 4.68 Å². The molecule has 0 spiro atoms. The molecule has 7 nitrogen and oxygen atoms in total. The minimum atomic E-state index is -1.14. The summed E-state index contributed by atoms with van der Waals surface area (Å²) < 4.78 is 6.94. The van der Waals surface area contributed by atoms with Crippen LogP contribution in [-0.4, -0.2) is 51.1 Å². The Hall–Kier alpha value is -2.41. The lowest BCUT2D eigenvalue weighted by Gasteiger charge is -2.38. The molecule has 26 heavy (non-hydrogen) atoms. The average Bonchev–Trinajstić information content (AvgIpc) is 3.13. The second-order valence-electron chi connectivity index (χ2n) is 7.16. The van der Waals surface area contributed by atoms with Crippen LogP contribution in [0.25, 0.3) is 0 Å². The van der Waals surface area contributed by atoms with Crippen LogP contribution in [0.15, 0.2) is 30.5 Å². The molecule has 1 aromatic carbocycles. The zero-order chi connectivity index (χ0) is 18.7. The van der Waals surface area contributed by atoms with Crippen molar-refractivity contribution < 1.29 is 14.6 Å². The second-order valence-corrected chi connectivity index (χ2v) is 7.16. The fourth-order valence-electron chi connectivity index (χ4n) is 3.27. The highest BCUT2D eigenvalue weighted by molar-refractivity contribution is 5.79. The first-order chi connectivity index (χ1) is 12.4. The lowest BCUT2D eigenvalue weighted by Crippen LogP contribution is -2.49. The van der Waals surface area contributed by atoms with Gasteiger partial charge in [0.15, 0.2) is 0 Å². The van der Waals surface area contributed by atoms with Gasteiger partial charge in [-0.05, 0) is 44.4 Å². The number of aliphatic hydroxyl groups is 1. The molecule has 2 heterocycles. The van der Waals surface area contributed by atoms with E-state index >= 15 is 0 Å². The lowest BCUT2D eigenvalue weighted by atomic mass is 9.89. The summed E-state index contributed by atoms with van der Waals surface area (Å²) in [7, 11) is 1.61. The Labute approximate surface area is 153 Å². The number of ether oxygens (including phenoxy) is 1. The average molecular weight is 358 g/mol. The fraction of sp³-hybridized carbons (Fsp3) is 0.526. The maximum Gasteiger partial charge on any atom is 0.227 e. The van der Waals surface area contributed by atoms with E-state index < -0.39 is 5.60 Å². The first-order valence-corrected chi connectivity index (χ1v) is 8.97. The van der Waals surface area contributed by atoms with Gasteiger partial charge in [-0.15, -0.1) is 5.10 Å². The van der Waals surface area contributed by atoms with E-state index in [1.807, 2.05) is 38.1 Å². The minimum absolute atomic E-state index is 0.00682. The molecule has 140 valence electrons. The highest BCUT2D eigenvalue weighted by atomic mass is 16.5. The van der Waals surface area contributed by atoms with Crippen molar-refractivity contribution in [2.75, 3.05) is 20.2 Å². The first-order valence-electron chi connectivity index (χ1n) is 8.97. The van der Waals surface area contributed by atoms with Crippen molar-refractivity contribution in [3.05, 3.63) is 41.7 Å². The Morgan fingerprint density at radius 2 is 2.23 bits per heavy atom. The van der Waals surface area contributed by atoms with Gasteiger partial charge < -0.3 is 14.7 Å². The number of amides is 1. The van der Waals surface area contributed by atoms with Crippen LogP contribution in [0.2, 0.25) is 0 Å². The van der Waals surface area contributed by atoms with Crippen LogP contribution in [0.1, 0.15) is 44.0 Å². The number of hydrogen-bond donors (Lipinski definition) is 1. The van der Waals surface area contributed by atoms with E-state index in [-0.39, 0.29) is 24.9 Å². The second kappa shape index (κ2) is 7.45. The van der Waals surface area contributed by atoms with Crippen LogP contribution < -0.4 is 4.74 Å². The molecule has 3 rings (SSSR count). The van der Waals surface area contributed by atoms with Gasteiger partial charge >= 0.3 is 0 Å². The number of rotatable bonds is 5. The quantitative estimate of drug-likeness (QED) is 0.883. The Morgan fingerprint density at radius 3 is 2.92 bits per heavy atom. The van der Waals surface area contributed by atoms with Crippen LogP contribution in [0.5, 0.6) is 5.75 Å². The Morgan fingerprint density at radius 1 is 1.42 bits per heavy atom. The van der Waals surface area contributed by atoms with Crippen molar-refractivity contribution >= 4 is 5.91 Å². The smallest absolute Gasteiger partial charge is 0.227 e. The maximum atomic E-state index is 12.7. The molecule has 1 aromatic heterocycles. The highest BCUT2D eigenvalue weighted by Gasteiger charge is 2.39. The van der Waals surface area contributed by atoms with Gasteiger partial charge in [0.25, 0.3) is 0 Å². The van der Waals surface area contributed by atoms with Crippen LogP contribution in [0.3, 0.4) is 0 Å². The summed E-state index contributed by atoms with van der Waals surface area (Å²) >= 11 is 0. The van der Waals surface area contributed by atoms with Gasteiger partial charge in [0.05, 0.1) is 26.3 Å². The molecule has 0 bridgehead atoms. The molecule has 0 saturated carbocycles. The van der Waals surface area contributed by atoms with Crippen molar-refractivity contribution in [3.63, 3.8) is 0 Å². The standard InChI is InChI=1S/C19H26N4O3/c1-14(2)23-12-17(20-21-23)19(25)8-5-9-22(13-19)18(24)11-15-6-4-7-16(10-15)26-3/h4,6-7,10,12,14,25H,5,8-9,11,13H2,1-3H3/t19-/m1/s1. The molecule has 1 atom stereocenters. The van der Waals surface area contributed by atoms with Gasteiger partial charge in [0.1, 0.15) is 17.0 Å². The first kappa shape index (κ1) is 18.4. The number of carbonyl (C=O) groups is 1. The van der Waals surface area contributed by atoms with Crippen LogP contribution in [-0.2, 0) is 16.8 Å². The number of piperidine rings is 1. The number of β-amino-alcohol motifs (C(OH)–C–C–N with tert-alkyl or cyclic N) is 1. The van der Waals surface area contributed by atoms with Gasteiger partial charge in [-0.2, -0.15) is 0 Å². The molecule has 1 aliphatic rings. The molecule has 2 aromatic rings. The molecule has 7 heteroatoms. The number of hydrogen-bond acceptors (Lipinski definition) is 5. The molecular formula is C19H26N4O3. The van der Waals surface area contributed by atoms with E-state index in [9.17, 15) is 9.90 Å². The van der Waals surface area contributed by atoms with Crippen molar-refractivity contribution in [1.82, 2.24) is 19.9 Å². The van der Waals surface area contributed by atoms with Crippen molar-refractivity contribution in [1.29, 1.82) is 0 Å². The lowest BCUT2D eigenvalue weighted by molar-refractivity contribution is -0.138. The van der Waals surface area contributed by atoms with E-state index in [1.54, 1.807) is 22.9 Å². The Bertz CT molecular complexity index is 774. The summed E-state index contributed by atoms with van der Waals surface area (Å²) in [5, 5.41) is 19.3. The van der Waals surface area contributed by atoms with Crippen molar-refractivity contribution in [3.8, 4) is 5.75 Å². The van der Waals surface area contributed by atoms with Gasteiger partial charge in [-0.3, -0.25) is 4.79 Å². The van der Waals surface area contributed by atoms with Crippen LogP contribution >= 0.6 is 0 Å². The molecule has 0 radical (unpaired) electrons. The zero-order valence-electron chi connectivity index (χ0n) is 15.6. The predicted octanol–water partition coefficient (Wildman–Crippen LogP) is 1.92. The third-order valence-electron chi connectivity index (χ3n) is 4.83. The summed E-state index contributed by atoms with van der Waals surface area (Å²) in [6.45, 7) is 4.90. The number of carbonyl (C=O) groups excluding carboxylic acids is 1. The topological polar surface area (TPSA) is 80.5 Å². The highest BCUT2D eigenvalue weighted by Crippen LogP contribution is 2.30. The number of aromatic nitrogens is 3. The Kier molecular flexibility index (Phi) is 5.27. The largest absolute Gasteiger partial charge is 0.497 e. The van der Waals surface area contributed by atoms with Crippen molar-refractivity contribution in [2.45, 2.75) is 44.8 Å². The summed E-state index contributed by atoms with van der Waals surface area (Å²) in [5.74, 6) is 0.725. The van der Waals surface area contributed by atoms with E-state index in [1.165, 1.54) is 0 Å². The number of methoxy groups -OCH3 is 1. The van der Waals surface area contributed by atoms with Gasteiger partial charge in [-0.1, -0.05) is 17.3 Å². The molecular weight excluding hydrogens is 332 g/mol. The summed E-state index contributed by atoms with van der Waals surface area (Å²) in [5.41, 5.74) is 0.286.